The molecule has 0 bridgehead atoms. The molecule has 5 heteroatoms. The van der Waals surface area contributed by atoms with E-state index in [1.165, 1.54) is 0 Å². The van der Waals surface area contributed by atoms with Gasteiger partial charge >= 0.3 is 0 Å². The molecular formula is C14H24N4O. The summed E-state index contributed by atoms with van der Waals surface area (Å²) >= 11 is 0. The zero-order valence-electron chi connectivity index (χ0n) is 11.8. The summed E-state index contributed by atoms with van der Waals surface area (Å²) in [7, 11) is 0. The maximum absolute atomic E-state index is 9.44. The molecule has 0 radical (unpaired) electrons. The first-order valence-corrected chi connectivity index (χ1v) is 7.14. The second-order valence-electron chi connectivity index (χ2n) is 5.31. The van der Waals surface area contributed by atoms with Crippen LogP contribution in [0.25, 0.3) is 0 Å². The van der Waals surface area contributed by atoms with Crippen molar-refractivity contribution >= 4 is 5.82 Å². The van der Waals surface area contributed by atoms with Gasteiger partial charge in [-0.05, 0) is 25.3 Å². The van der Waals surface area contributed by atoms with Gasteiger partial charge < -0.3 is 10.4 Å². The van der Waals surface area contributed by atoms with E-state index < -0.39 is 0 Å². The highest BCUT2D eigenvalue weighted by Crippen LogP contribution is 2.24. The van der Waals surface area contributed by atoms with Gasteiger partial charge in [-0.1, -0.05) is 13.8 Å². The van der Waals surface area contributed by atoms with E-state index in [2.05, 4.69) is 34.0 Å². The summed E-state index contributed by atoms with van der Waals surface area (Å²) in [5, 5.41) is 12.7. The Labute approximate surface area is 115 Å². The molecule has 2 atom stereocenters. The van der Waals surface area contributed by atoms with Crippen LogP contribution in [-0.4, -0.2) is 45.7 Å². The normalized spacial score (nSPS) is 23.7. The Morgan fingerprint density at radius 1 is 1.42 bits per heavy atom. The van der Waals surface area contributed by atoms with Gasteiger partial charge in [-0.2, -0.15) is 0 Å². The molecule has 1 aromatic heterocycles. The smallest absolute Gasteiger partial charge is 0.144 e. The highest BCUT2D eigenvalue weighted by atomic mass is 16.3. The topological polar surface area (TPSA) is 61.3 Å². The van der Waals surface area contributed by atoms with Crippen LogP contribution in [0.1, 0.15) is 32.4 Å². The molecule has 1 aliphatic rings. The van der Waals surface area contributed by atoms with E-state index in [0.717, 1.165) is 44.0 Å². The van der Waals surface area contributed by atoms with Crippen LogP contribution < -0.4 is 5.32 Å². The first-order valence-electron chi connectivity index (χ1n) is 7.14. The standard InChI is InChI=1S/C14H24N4O/c1-3-5-15-14-8-16-12(7-17-14)9-18-6-4-11(2)13(18)10-19/h7-8,11,13,19H,3-6,9-10H2,1-2H3,(H,15,17). The minimum Gasteiger partial charge on any atom is -0.395 e. The fourth-order valence-electron chi connectivity index (χ4n) is 2.57. The minimum atomic E-state index is 0.227. The fraction of sp³-hybridized carbons (Fsp3) is 0.714. The second-order valence-corrected chi connectivity index (χ2v) is 5.31. The predicted molar refractivity (Wildman–Crippen MR) is 75.9 cm³/mol. The quantitative estimate of drug-likeness (QED) is 0.815. The van der Waals surface area contributed by atoms with Gasteiger partial charge in [0.2, 0.25) is 0 Å². The van der Waals surface area contributed by atoms with Crippen molar-refractivity contribution in [1.82, 2.24) is 14.9 Å². The molecule has 2 heterocycles. The van der Waals surface area contributed by atoms with Gasteiger partial charge in [-0.3, -0.25) is 9.88 Å². The molecule has 0 saturated carbocycles. The maximum atomic E-state index is 9.44. The summed E-state index contributed by atoms with van der Waals surface area (Å²) in [5.41, 5.74) is 0.967. The van der Waals surface area contributed by atoms with E-state index in [0.29, 0.717) is 5.92 Å². The number of anilines is 1. The third kappa shape index (κ3) is 3.64. The van der Waals surface area contributed by atoms with E-state index in [-0.39, 0.29) is 12.6 Å². The van der Waals surface area contributed by atoms with Gasteiger partial charge in [0.25, 0.3) is 0 Å². The number of aliphatic hydroxyl groups is 1. The van der Waals surface area contributed by atoms with Gasteiger partial charge in [0.05, 0.1) is 24.7 Å². The molecule has 0 aliphatic carbocycles. The third-order valence-corrected chi connectivity index (χ3v) is 3.81. The van der Waals surface area contributed by atoms with Crippen molar-refractivity contribution in [1.29, 1.82) is 0 Å². The monoisotopic (exact) mass is 264 g/mol. The van der Waals surface area contributed by atoms with E-state index in [1.54, 1.807) is 6.20 Å². The number of nitrogens with one attached hydrogen (secondary N) is 1. The van der Waals surface area contributed by atoms with Crippen molar-refractivity contribution in [3.8, 4) is 0 Å². The molecule has 106 valence electrons. The Morgan fingerprint density at radius 2 is 2.26 bits per heavy atom. The van der Waals surface area contributed by atoms with Gasteiger partial charge in [-0.15, -0.1) is 0 Å². The molecule has 19 heavy (non-hydrogen) atoms. The van der Waals surface area contributed by atoms with E-state index in [1.807, 2.05) is 6.20 Å². The highest BCUT2D eigenvalue weighted by Gasteiger charge is 2.30. The van der Waals surface area contributed by atoms with Crippen molar-refractivity contribution in [3.63, 3.8) is 0 Å². The Bertz CT molecular complexity index is 382. The Kier molecular flexibility index (Phi) is 5.10. The number of nitrogens with zero attached hydrogens (tertiary/aromatic N) is 3. The third-order valence-electron chi connectivity index (χ3n) is 3.81. The first-order chi connectivity index (χ1) is 9.24. The zero-order chi connectivity index (χ0) is 13.7. The molecule has 1 aromatic rings. The van der Waals surface area contributed by atoms with Gasteiger partial charge in [0.1, 0.15) is 5.82 Å². The van der Waals surface area contributed by atoms with Crippen LogP contribution in [-0.2, 0) is 6.54 Å². The molecule has 2 unspecified atom stereocenters. The molecular weight excluding hydrogens is 240 g/mol. The lowest BCUT2D eigenvalue weighted by Gasteiger charge is -2.24. The molecule has 5 nitrogen and oxygen atoms in total. The molecule has 1 fully saturated rings. The Hall–Kier alpha value is -1.20. The number of aromatic nitrogens is 2. The van der Waals surface area contributed by atoms with Crippen molar-refractivity contribution in [2.75, 3.05) is 25.0 Å². The van der Waals surface area contributed by atoms with E-state index >= 15 is 0 Å². The first kappa shape index (κ1) is 14.2. The second kappa shape index (κ2) is 6.82. The lowest BCUT2D eigenvalue weighted by Crippen LogP contribution is -2.34. The van der Waals surface area contributed by atoms with Crippen LogP contribution in [0.4, 0.5) is 5.82 Å². The number of likely N-dealkylation sites (tertiary alicyclic amines) is 1. The molecule has 1 aliphatic heterocycles. The fourth-order valence-corrected chi connectivity index (χ4v) is 2.57. The van der Waals surface area contributed by atoms with Crippen LogP contribution in [0.15, 0.2) is 12.4 Å². The van der Waals surface area contributed by atoms with Gasteiger partial charge in [0.15, 0.2) is 0 Å². The summed E-state index contributed by atoms with van der Waals surface area (Å²) < 4.78 is 0. The SMILES string of the molecule is CCCNc1cnc(CN2CCC(C)C2CO)cn1. The van der Waals surface area contributed by atoms with Crippen LogP contribution in [0.2, 0.25) is 0 Å². The van der Waals surface area contributed by atoms with Crippen molar-refractivity contribution in [3.05, 3.63) is 18.1 Å². The molecule has 0 spiro atoms. The summed E-state index contributed by atoms with van der Waals surface area (Å²) in [6.45, 7) is 7.28. The lowest BCUT2D eigenvalue weighted by atomic mass is 10.0. The Balaban J connectivity index is 1.92. The molecule has 0 amide bonds. The van der Waals surface area contributed by atoms with Crippen molar-refractivity contribution < 1.29 is 5.11 Å². The van der Waals surface area contributed by atoms with E-state index in [4.69, 9.17) is 0 Å². The lowest BCUT2D eigenvalue weighted by molar-refractivity contribution is 0.133. The number of aliphatic hydroxyl groups excluding tert-OH is 1. The summed E-state index contributed by atoms with van der Waals surface area (Å²) in [5.74, 6) is 1.39. The molecule has 0 aromatic carbocycles. The predicted octanol–water partition coefficient (Wildman–Crippen LogP) is 1.50. The average Bonchev–Trinajstić information content (AvgIpc) is 2.78. The zero-order valence-corrected chi connectivity index (χ0v) is 11.8. The summed E-state index contributed by atoms with van der Waals surface area (Å²) in [6, 6.07) is 0.264. The summed E-state index contributed by atoms with van der Waals surface area (Å²) in [6.07, 6.45) is 5.84. The highest BCUT2D eigenvalue weighted by molar-refractivity contribution is 5.30. The summed E-state index contributed by atoms with van der Waals surface area (Å²) in [4.78, 5) is 11.1. The van der Waals surface area contributed by atoms with Gasteiger partial charge in [-0.25, -0.2) is 4.98 Å². The van der Waals surface area contributed by atoms with Crippen LogP contribution in [0, 0.1) is 5.92 Å². The number of hydrogen-bond acceptors (Lipinski definition) is 5. The van der Waals surface area contributed by atoms with Crippen molar-refractivity contribution in [2.24, 2.45) is 5.92 Å². The maximum Gasteiger partial charge on any atom is 0.144 e. The molecule has 1 saturated heterocycles. The average molecular weight is 264 g/mol. The number of rotatable bonds is 6. The largest absolute Gasteiger partial charge is 0.395 e. The van der Waals surface area contributed by atoms with Crippen LogP contribution >= 0.6 is 0 Å². The molecule has 2 rings (SSSR count). The van der Waals surface area contributed by atoms with Gasteiger partial charge in [0, 0.05) is 19.1 Å². The number of hydrogen-bond donors (Lipinski definition) is 2. The molecule has 2 N–H and O–H groups in total. The van der Waals surface area contributed by atoms with Crippen LogP contribution in [0.3, 0.4) is 0 Å². The van der Waals surface area contributed by atoms with Crippen LogP contribution in [0.5, 0.6) is 0 Å². The Morgan fingerprint density at radius 3 is 2.89 bits per heavy atom. The van der Waals surface area contributed by atoms with Crippen molar-refractivity contribution in [2.45, 2.75) is 39.3 Å². The van der Waals surface area contributed by atoms with E-state index in [9.17, 15) is 5.11 Å². The minimum absolute atomic E-state index is 0.227.